The number of rotatable bonds is 2. The van der Waals surface area contributed by atoms with Crippen molar-refractivity contribution < 1.29 is 9.13 Å². The second-order valence-electron chi connectivity index (χ2n) is 6.17. The summed E-state index contributed by atoms with van der Waals surface area (Å²) in [5.41, 5.74) is 1.42. The molecule has 0 bridgehead atoms. The van der Waals surface area contributed by atoms with Crippen molar-refractivity contribution in [2.24, 2.45) is 0 Å². The van der Waals surface area contributed by atoms with Gasteiger partial charge in [-0.05, 0) is 27.9 Å². The zero-order valence-electron chi connectivity index (χ0n) is 12.9. The molecule has 2 aliphatic heterocycles. The monoisotopic (exact) mass is 407 g/mol. The first-order valence-electron chi connectivity index (χ1n) is 7.91. The highest BCUT2D eigenvalue weighted by Gasteiger charge is 2.48. The first kappa shape index (κ1) is 16.1. The maximum absolute atomic E-state index is 14.1. The molecule has 4 rings (SSSR count). The van der Waals surface area contributed by atoms with Gasteiger partial charge in [-0.3, -0.25) is 0 Å². The Morgan fingerprint density at radius 1 is 1.25 bits per heavy atom. The maximum Gasteiger partial charge on any atom is 0.154 e. The normalized spacial score (nSPS) is 25.4. The van der Waals surface area contributed by atoms with Gasteiger partial charge < -0.3 is 10.1 Å². The van der Waals surface area contributed by atoms with E-state index in [1.54, 1.807) is 0 Å². The summed E-state index contributed by atoms with van der Waals surface area (Å²) in [4.78, 5) is 0. The standard InChI is InChI=1S/C19H16BrClFNO/c20-17-13-11-19(12-6-2-1-3-7-12,16-8-4-5-9-23-16)24-15(13)10-14(22)18(17)21/h1-7,10,16,23H,8-9,11H2/t16-,19+/m1/s1. The van der Waals surface area contributed by atoms with Crippen LogP contribution in [0.2, 0.25) is 5.02 Å². The SMILES string of the molecule is Fc1cc2c(c(Br)c1Cl)C[C@](c1ccccc1)([C@H]1CC=CCN1)O2. The molecule has 0 fully saturated rings. The minimum atomic E-state index is -0.575. The second-order valence-corrected chi connectivity index (χ2v) is 7.34. The van der Waals surface area contributed by atoms with E-state index in [0.717, 1.165) is 24.1 Å². The van der Waals surface area contributed by atoms with E-state index in [9.17, 15) is 4.39 Å². The van der Waals surface area contributed by atoms with Gasteiger partial charge in [-0.2, -0.15) is 0 Å². The molecule has 124 valence electrons. The number of hydrogen-bond acceptors (Lipinski definition) is 2. The zero-order chi connectivity index (χ0) is 16.7. The molecule has 2 nitrogen and oxygen atoms in total. The smallest absolute Gasteiger partial charge is 0.154 e. The topological polar surface area (TPSA) is 21.3 Å². The van der Waals surface area contributed by atoms with Crippen LogP contribution < -0.4 is 10.1 Å². The van der Waals surface area contributed by atoms with Crippen LogP contribution in [0.5, 0.6) is 5.75 Å². The third-order valence-electron chi connectivity index (χ3n) is 4.80. The molecule has 2 aromatic carbocycles. The lowest BCUT2D eigenvalue weighted by molar-refractivity contribution is 0.0470. The Labute approximate surface area is 153 Å². The van der Waals surface area contributed by atoms with E-state index in [0.29, 0.717) is 16.6 Å². The zero-order valence-corrected chi connectivity index (χ0v) is 15.2. The van der Waals surface area contributed by atoms with Crippen LogP contribution in [-0.4, -0.2) is 12.6 Å². The summed E-state index contributed by atoms with van der Waals surface area (Å²) >= 11 is 9.53. The van der Waals surface area contributed by atoms with Gasteiger partial charge in [0.2, 0.25) is 0 Å². The van der Waals surface area contributed by atoms with Gasteiger partial charge in [-0.25, -0.2) is 4.39 Å². The number of ether oxygens (including phenoxy) is 1. The summed E-state index contributed by atoms with van der Waals surface area (Å²) in [5.74, 6) is 0.0895. The molecule has 2 aromatic rings. The van der Waals surface area contributed by atoms with Crippen molar-refractivity contribution in [3.8, 4) is 5.75 Å². The average Bonchev–Trinajstić information content (AvgIpc) is 3.02. The van der Waals surface area contributed by atoms with Crippen molar-refractivity contribution in [1.29, 1.82) is 0 Å². The highest BCUT2D eigenvalue weighted by Crippen LogP contribution is 2.49. The molecule has 0 amide bonds. The summed E-state index contributed by atoms with van der Waals surface area (Å²) < 4.78 is 21.1. The van der Waals surface area contributed by atoms with Crippen molar-refractivity contribution >= 4 is 27.5 Å². The first-order chi connectivity index (χ1) is 11.6. The average molecular weight is 409 g/mol. The molecule has 0 radical (unpaired) electrons. The Kier molecular flexibility index (Phi) is 4.15. The van der Waals surface area contributed by atoms with Crippen LogP contribution in [0.1, 0.15) is 17.5 Å². The van der Waals surface area contributed by atoms with Crippen molar-refractivity contribution in [3.63, 3.8) is 0 Å². The van der Waals surface area contributed by atoms with E-state index in [1.807, 2.05) is 18.2 Å². The fraction of sp³-hybridized carbons (Fsp3) is 0.263. The lowest BCUT2D eigenvalue weighted by Crippen LogP contribution is -2.52. The van der Waals surface area contributed by atoms with Crippen LogP contribution in [0, 0.1) is 5.82 Å². The molecule has 0 saturated heterocycles. The first-order valence-corrected chi connectivity index (χ1v) is 9.08. The maximum atomic E-state index is 14.1. The predicted molar refractivity (Wildman–Crippen MR) is 97.1 cm³/mol. The molecule has 0 spiro atoms. The van der Waals surface area contributed by atoms with Crippen molar-refractivity contribution in [2.75, 3.05) is 6.54 Å². The van der Waals surface area contributed by atoms with Gasteiger partial charge in [-0.15, -0.1) is 0 Å². The number of hydrogen-bond donors (Lipinski definition) is 1. The third-order valence-corrected chi connectivity index (χ3v) is 6.27. The fourth-order valence-electron chi connectivity index (χ4n) is 3.60. The number of fused-ring (bicyclic) bond motifs is 1. The summed E-state index contributed by atoms with van der Waals surface area (Å²) in [7, 11) is 0. The Balaban J connectivity index is 1.85. The van der Waals surface area contributed by atoms with Gasteiger partial charge >= 0.3 is 0 Å². The predicted octanol–water partition coefficient (Wildman–Crippen LogP) is 4.99. The Bertz CT molecular complexity index is 811. The van der Waals surface area contributed by atoms with Crippen molar-refractivity contribution in [2.45, 2.75) is 24.5 Å². The molecular formula is C19H16BrClFNO. The number of nitrogens with one attached hydrogen (secondary N) is 1. The van der Waals surface area contributed by atoms with Crippen molar-refractivity contribution in [1.82, 2.24) is 5.32 Å². The highest BCUT2D eigenvalue weighted by atomic mass is 79.9. The fourth-order valence-corrected chi connectivity index (χ4v) is 4.30. The molecule has 5 heteroatoms. The highest BCUT2D eigenvalue weighted by molar-refractivity contribution is 9.10. The molecular weight excluding hydrogens is 393 g/mol. The van der Waals surface area contributed by atoms with Gasteiger partial charge in [0.1, 0.15) is 11.6 Å². The number of halogens is 3. The number of benzene rings is 2. The third kappa shape index (κ3) is 2.48. The quantitative estimate of drug-likeness (QED) is 0.558. The molecule has 2 aliphatic rings. The molecule has 24 heavy (non-hydrogen) atoms. The second kappa shape index (κ2) is 6.17. The van der Waals surface area contributed by atoms with Crippen molar-refractivity contribution in [3.05, 3.63) is 75.0 Å². The minimum Gasteiger partial charge on any atom is -0.480 e. The van der Waals surface area contributed by atoms with Crippen LogP contribution in [0.15, 0.2) is 53.0 Å². The molecule has 0 saturated carbocycles. The van der Waals surface area contributed by atoms with Gasteiger partial charge in [0.25, 0.3) is 0 Å². The Hall–Kier alpha value is -1.36. The van der Waals surface area contributed by atoms with Crippen LogP contribution in [0.4, 0.5) is 4.39 Å². The van der Waals surface area contributed by atoms with Crippen LogP contribution in [0.3, 0.4) is 0 Å². The van der Waals surface area contributed by atoms with E-state index in [4.69, 9.17) is 16.3 Å². The summed E-state index contributed by atoms with van der Waals surface area (Å²) in [6, 6.07) is 11.6. The summed E-state index contributed by atoms with van der Waals surface area (Å²) in [5, 5.41) is 3.64. The van der Waals surface area contributed by atoms with E-state index in [2.05, 4.69) is 45.5 Å². The summed E-state index contributed by atoms with van der Waals surface area (Å²) in [6.07, 6.45) is 5.78. The van der Waals surface area contributed by atoms with E-state index in [1.165, 1.54) is 6.07 Å². The molecule has 0 aliphatic carbocycles. The lowest BCUT2D eigenvalue weighted by Gasteiger charge is -2.38. The van der Waals surface area contributed by atoms with Gasteiger partial charge in [0.05, 0.1) is 11.1 Å². The molecule has 1 N–H and O–H groups in total. The Morgan fingerprint density at radius 2 is 2.04 bits per heavy atom. The summed E-state index contributed by atoms with van der Waals surface area (Å²) in [6.45, 7) is 0.801. The molecule has 0 unspecified atom stereocenters. The Morgan fingerprint density at radius 3 is 2.75 bits per heavy atom. The largest absolute Gasteiger partial charge is 0.480 e. The van der Waals surface area contributed by atoms with Crippen LogP contribution >= 0.6 is 27.5 Å². The van der Waals surface area contributed by atoms with Gasteiger partial charge in [0, 0.05) is 29.1 Å². The van der Waals surface area contributed by atoms with Crippen LogP contribution in [-0.2, 0) is 12.0 Å². The van der Waals surface area contributed by atoms with E-state index >= 15 is 0 Å². The lowest BCUT2D eigenvalue weighted by atomic mass is 9.80. The van der Waals surface area contributed by atoms with Gasteiger partial charge in [-0.1, -0.05) is 54.1 Å². The molecule has 2 heterocycles. The van der Waals surface area contributed by atoms with Gasteiger partial charge in [0.15, 0.2) is 5.60 Å². The molecule has 0 aromatic heterocycles. The molecule has 2 atom stereocenters. The van der Waals surface area contributed by atoms with E-state index in [-0.39, 0.29) is 11.1 Å². The minimum absolute atomic E-state index is 0.103. The van der Waals surface area contributed by atoms with Crippen LogP contribution in [0.25, 0.3) is 0 Å². The van der Waals surface area contributed by atoms with E-state index < -0.39 is 11.4 Å².